The number of pyridine rings is 1. The van der Waals surface area contributed by atoms with E-state index in [4.69, 9.17) is 4.74 Å². The normalized spacial score (nSPS) is 11.3. The molecule has 0 aliphatic carbocycles. The Morgan fingerprint density at radius 1 is 1.32 bits per heavy atom. The fraction of sp³-hybridized carbons (Fsp3) is 0.400. The summed E-state index contributed by atoms with van der Waals surface area (Å²) in [6.07, 6.45) is 1.62. The van der Waals surface area contributed by atoms with E-state index < -0.39 is 0 Å². The molecule has 4 heteroatoms. The van der Waals surface area contributed by atoms with E-state index in [1.165, 1.54) is 13.2 Å². The van der Waals surface area contributed by atoms with E-state index >= 15 is 0 Å². The molecule has 0 aliphatic heterocycles. The molecule has 2 aromatic rings. The zero-order valence-corrected chi connectivity index (χ0v) is 11.7. The molecule has 0 spiro atoms. The molecule has 0 bridgehead atoms. The summed E-state index contributed by atoms with van der Waals surface area (Å²) >= 11 is 0. The molecule has 0 N–H and O–H groups in total. The van der Waals surface area contributed by atoms with Crippen LogP contribution in [0.1, 0.15) is 32.3 Å². The average Bonchev–Trinajstić information content (AvgIpc) is 2.38. The van der Waals surface area contributed by atoms with Crippen LogP contribution >= 0.6 is 0 Å². The van der Waals surface area contributed by atoms with Crippen LogP contribution in [-0.4, -0.2) is 11.7 Å². The highest BCUT2D eigenvalue weighted by atomic mass is 19.1. The molecular weight excluding hydrogens is 245 g/mol. The molecule has 0 aliphatic rings. The van der Waals surface area contributed by atoms with Gasteiger partial charge in [0.2, 0.25) is 0 Å². The minimum Gasteiger partial charge on any atom is -0.495 e. The molecule has 1 heterocycles. The highest BCUT2D eigenvalue weighted by Crippen LogP contribution is 2.28. The van der Waals surface area contributed by atoms with Gasteiger partial charge in [-0.1, -0.05) is 13.8 Å². The van der Waals surface area contributed by atoms with E-state index in [9.17, 15) is 9.18 Å². The first kappa shape index (κ1) is 13.6. The van der Waals surface area contributed by atoms with Crippen LogP contribution in [-0.2, 0) is 6.54 Å². The molecule has 3 nitrogen and oxygen atoms in total. The number of hydrogen-bond acceptors (Lipinski definition) is 2. The fourth-order valence-electron chi connectivity index (χ4n) is 2.24. The number of ether oxygens (including phenoxy) is 1. The quantitative estimate of drug-likeness (QED) is 0.850. The van der Waals surface area contributed by atoms with Crippen molar-refractivity contribution in [2.75, 3.05) is 7.11 Å². The summed E-state index contributed by atoms with van der Waals surface area (Å²) in [6, 6.07) is 3.04. The lowest BCUT2D eigenvalue weighted by Gasteiger charge is -2.13. The van der Waals surface area contributed by atoms with Gasteiger partial charge in [-0.15, -0.1) is 0 Å². The zero-order chi connectivity index (χ0) is 14.2. The first-order valence-corrected chi connectivity index (χ1v) is 6.40. The van der Waals surface area contributed by atoms with Gasteiger partial charge in [0.25, 0.3) is 5.56 Å². The van der Waals surface area contributed by atoms with Crippen molar-refractivity contribution in [2.24, 2.45) is 0 Å². The van der Waals surface area contributed by atoms with Gasteiger partial charge >= 0.3 is 0 Å². The second-order valence-electron chi connectivity index (χ2n) is 4.86. The summed E-state index contributed by atoms with van der Waals surface area (Å²) in [5.74, 6) is 0.255. The van der Waals surface area contributed by atoms with Gasteiger partial charge in [-0.2, -0.15) is 0 Å². The van der Waals surface area contributed by atoms with Crippen LogP contribution in [0.25, 0.3) is 10.8 Å². The third-order valence-electron chi connectivity index (χ3n) is 3.35. The van der Waals surface area contributed by atoms with E-state index in [0.29, 0.717) is 28.6 Å². The number of rotatable bonds is 3. The van der Waals surface area contributed by atoms with Gasteiger partial charge in [0.1, 0.15) is 11.6 Å². The summed E-state index contributed by atoms with van der Waals surface area (Å²) in [5.41, 5.74) is 0.445. The minimum atomic E-state index is -0.297. The van der Waals surface area contributed by atoms with Crippen LogP contribution in [0.5, 0.6) is 5.75 Å². The summed E-state index contributed by atoms with van der Waals surface area (Å²) in [6.45, 7) is 6.25. The molecule has 1 aromatic heterocycles. The van der Waals surface area contributed by atoms with Gasteiger partial charge < -0.3 is 9.30 Å². The largest absolute Gasteiger partial charge is 0.495 e. The molecule has 0 saturated carbocycles. The van der Waals surface area contributed by atoms with Crippen molar-refractivity contribution in [3.05, 3.63) is 40.1 Å². The molecule has 0 atom stereocenters. The van der Waals surface area contributed by atoms with Crippen LogP contribution < -0.4 is 10.3 Å². The van der Waals surface area contributed by atoms with Crippen LogP contribution in [0.15, 0.2) is 23.1 Å². The van der Waals surface area contributed by atoms with Gasteiger partial charge in [-0.05, 0) is 30.5 Å². The van der Waals surface area contributed by atoms with Gasteiger partial charge in [0.15, 0.2) is 0 Å². The second kappa shape index (κ2) is 5.03. The third-order valence-corrected chi connectivity index (χ3v) is 3.35. The minimum absolute atomic E-state index is 0.0325. The molecule has 2 rings (SSSR count). The lowest BCUT2D eigenvalue weighted by Crippen LogP contribution is -2.19. The Morgan fingerprint density at radius 3 is 2.53 bits per heavy atom. The van der Waals surface area contributed by atoms with Gasteiger partial charge in [0.05, 0.1) is 12.5 Å². The van der Waals surface area contributed by atoms with Crippen LogP contribution in [0, 0.1) is 5.82 Å². The molecule has 19 heavy (non-hydrogen) atoms. The summed E-state index contributed by atoms with van der Waals surface area (Å²) in [5, 5.41) is 1.03. The summed E-state index contributed by atoms with van der Waals surface area (Å²) in [7, 11) is 1.52. The SMILES string of the molecule is CCn1cc(OC)c2cc(F)c(C(C)C)cc2c1=O. The number of methoxy groups -OCH3 is 1. The number of benzene rings is 1. The third kappa shape index (κ3) is 2.23. The maximum atomic E-state index is 14.0. The van der Waals surface area contributed by atoms with Crippen molar-refractivity contribution >= 4 is 10.8 Å². The van der Waals surface area contributed by atoms with E-state index in [2.05, 4.69) is 0 Å². The van der Waals surface area contributed by atoms with Crippen LogP contribution in [0.2, 0.25) is 0 Å². The van der Waals surface area contributed by atoms with Crippen molar-refractivity contribution in [3.63, 3.8) is 0 Å². The predicted molar refractivity (Wildman–Crippen MR) is 74.5 cm³/mol. The van der Waals surface area contributed by atoms with Crippen molar-refractivity contribution in [1.82, 2.24) is 4.57 Å². The maximum Gasteiger partial charge on any atom is 0.258 e. The Bertz CT molecular complexity index is 674. The Labute approximate surface area is 111 Å². The molecule has 102 valence electrons. The Hall–Kier alpha value is -1.84. The standard InChI is InChI=1S/C15H18FNO2/c1-5-17-8-14(19-4)11-7-13(16)10(9(2)3)6-12(11)15(17)18/h6-9H,5H2,1-4H3. The van der Waals surface area contributed by atoms with Crippen molar-refractivity contribution in [3.8, 4) is 5.75 Å². The number of nitrogens with zero attached hydrogens (tertiary/aromatic N) is 1. The van der Waals surface area contributed by atoms with Crippen LogP contribution in [0.4, 0.5) is 4.39 Å². The number of fused-ring (bicyclic) bond motifs is 1. The van der Waals surface area contributed by atoms with E-state index in [1.54, 1.807) is 16.8 Å². The molecule has 0 unspecified atom stereocenters. The number of hydrogen-bond donors (Lipinski definition) is 0. The Balaban J connectivity index is 2.90. The van der Waals surface area contributed by atoms with E-state index in [0.717, 1.165) is 0 Å². The Morgan fingerprint density at radius 2 is 2.00 bits per heavy atom. The Kier molecular flexibility index (Phi) is 3.60. The smallest absolute Gasteiger partial charge is 0.258 e. The predicted octanol–water partition coefficient (Wildman–Crippen LogP) is 3.29. The molecule has 0 amide bonds. The first-order valence-electron chi connectivity index (χ1n) is 6.40. The second-order valence-corrected chi connectivity index (χ2v) is 4.86. The van der Waals surface area contributed by atoms with Crippen molar-refractivity contribution in [1.29, 1.82) is 0 Å². The topological polar surface area (TPSA) is 31.2 Å². The molecule has 0 radical (unpaired) electrons. The highest BCUT2D eigenvalue weighted by molar-refractivity contribution is 5.88. The highest BCUT2D eigenvalue weighted by Gasteiger charge is 2.14. The van der Waals surface area contributed by atoms with E-state index in [-0.39, 0.29) is 17.3 Å². The van der Waals surface area contributed by atoms with E-state index in [1.807, 2.05) is 20.8 Å². The number of aryl methyl sites for hydroxylation is 1. The number of aromatic nitrogens is 1. The fourth-order valence-corrected chi connectivity index (χ4v) is 2.24. The monoisotopic (exact) mass is 263 g/mol. The van der Waals surface area contributed by atoms with Gasteiger partial charge in [-0.3, -0.25) is 4.79 Å². The lowest BCUT2D eigenvalue weighted by molar-refractivity contribution is 0.414. The van der Waals surface area contributed by atoms with Gasteiger partial charge in [-0.25, -0.2) is 4.39 Å². The number of halogens is 1. The lowest BCUT2D eigenvalue weighted by atomic mass is 9.99. The summed E-state index contributed by atoms with van der Waals surface area (Å²) in [4.78, 5) is 12.3. The zero-order valence-electron chi connectivity index (χ0n) is 11.7. The summed E-state index contributed by atoms with van der Waals surface area (Å²) < 4.78 is 20.9. The van der Waals surface area contributed by atoms with Gasteiger partial charge in [0, 0.05) is 18.1 Å². The first-order chi connectivity index (χ1) is 8.99. The molecule has 1 aromatic carbocycles. The molecular formula is C15H18FNO2. The molecule has 0 saturated heterocycles. The van der Waals surface area contributed by atoms with Crippen LogP contribution in [0.3, 0.4) is 0 Å². The molecule has 0 fully saturated rings. The average molecular weight is 263 g/mol. The maximum absolute atomic E-state index is 14.0. The van der Waals surface area contributed by atoms with Crippen molar-refractivity contribution in [2.45, 2.75) is 33.2 Å². The van der Waals surface area contributed by atoms with Crippen molar-refractivity contribution < 1.29 is 9.13 Å².